The van der Waals surface area contributed by atoms with E-state index in [-0.39, 0.29) is 0 Å². The summed E-state index contributed by atoms with van der Waals surface area (Å²) in [5.74, 6) is 0.855. The third kappa shape index (κ3) is 3.87. The highest BCUT2D eigenvalue weighted by atomic mass is 32.1. The molecule has 4 aromatic rings. The van der Waals surface area contributed by atoms with Crippen molar-refractivity contribution in [2.45, 2.75) is 19.5 Å². The first-order valence-electron chi connectivity index (χ1n) is 9.06. The van der Waals surface area contributed by atoms with E-state index in [1.807, 2.05) is 24.3 Å². The lowest BCUT2D eigenvalue weighted by Gasteiger charge is -2.15. The summed E-state index contributed by atoms with van der Waals surface area (Å²) in [6, 6.07) is 25.3. The highest BCUT2D eigenvalue weighted by Gasteiger charge is 2.13. The van der Waals surface area contributed by atoms with Crippen LogP contribution in [0.2, 0.25) is 0 Å². The lowest BCUT2D eigenvalue weighted by Crippen LogP contribution is -2.18. The number of aromatic nitrogens is 1. The lowest BCUT2D eigenvalue weighted by molar-refractivity contribution is 0.416. The number of methoxy groups -OCH3 is 1. The number of fused-ring (bicyclic) bond motifs is 1. The number of nitrogens with zero attached hydrogens (tertiary/aromatic N) is 1. The van der Waals surface area contributed by atoms with Gasteiger partial charge in [-0.3, -0.25) is 0 Å². The van der Waals surface area contributed by atoms with Gasteiger partial charge in [-0.1, -0.05) is 48.5 Å². The maximum Gasteiger partial charge on any atom is 0.129 e. The number of thiazole rings is 1. The van der Waals surface area contributed by atoms with Crippen LogP contribution in [-0.4, -0.2) is 12.1 Å². The topological polar surface area (TPSA) is 34.1 Å². The summed E-state index contributed by atoms with van der Waals surface area (Å²) in [6.07, 6.45) is 0. The van der Waals surface area contributed by atoms with Gasteiger partial charge in [0.2, 0.25) is 0 Å². The van der Waals surface area contributed by atoms with Gasteiger partial charge < -0.3 is 10.1 Å². The first-order valence-corrected chi connectivity index (χ1v) is 9.87. The van der Waals surface area contributed by atoms with Crippen molar-refractivity contribution in [3.05, 3.63) is 83.9 Å². The predicted molar refractivity (Wildman–Crippen MR) is 113 cm³/mol. The molecule has 1 atom stereocenters. The number of hydrogen-bond donors (Lipinski definition) is 1. The number of para-hydroxylation sites is 1. The molecule has 0 radical (unpaired) electrons. The van der Waals surface area contributed by atoms with Gasteiger partial charge >= 0.3 is 0 Å². The van der Waals surface area contributed by atoms with Gasteiger partial charge in [-0.2, -0.15) is 0 Å². The van der Waals surface area contributed by atoms with Gasteiger partial charge in [0.25, 0.3) is 0 Å². The third-order valence-corrected chi connectivity index (χ3v) is 5.77. The van der Waals surface area contributed by atoms with Crippen molar-refractivity contribution in [2.24, 2.45) is 0 Å². The Morgan fingerprint density at radius 3 is 2.56 bits per heavy atom. The van der Waals surface area contributed by atoms with Crippen molar-refractivity contribution < 1.29 is 4.74 Å². The minimum Gasteiger partial charge on any atom is -0.496 e. The van der Waals surface area contributed by atoms with Crippen molar-refractivity contribution in [3.63, 3.8) is 0 Å². The Bertz CT molecular complexity index is 1010. The lowest BCUT2D eigenvalue weighted by atomic mass is 10.1. The van der Waals surface area contributed by atoms with Gasteiger partial charge in [0, 0.05) is 12.6 Å². The Kier molecular flexibility index (Phi) is 5.19. The van der Waals surface area contributed by atoms with Gasteiger partial charge in [0.05, 0.1) is 22.9 Å². The Hall–Kier alpha value is -2.69. The summed E-state index contributed by atoms with van der Waals surface area (Å²) in [5, 5.41) is 4.59. The fourth-order valence-electron chi connectivity index (χ4n) is 3.15. The van der Waals surface area contributed by atoms with E-state index in [2.05, 4.69) is 60.8 Å². The molecule has 1 heterocycles. The summed E-state index contributed by atoms with van der Waals surface area (Å²) >= 11 is 1.70. The van der Waals surface area contributed by atoms with Crippen molar-refractivity contribution in [1.82, 2.24) is 10.3 Å². The van der Waals surface area contributed by atoms with Crippen LogP contribution in [0.15, 0.2) is 72.8 Å². The SMILES string of the molecule is COc1ccc(CNC(C)c2ccccc2)cc1-c1nc2ccccc2s1. The number of benzene rings is 3. The van der Waals surface area contributed by atoms with Crippen LogP contribution in [0.1, 0.15) is 24.1 Å². The molecule has 1 N–H and O–H groups in total. The van der Waals surface area contributed by atoms with E-state index in [1.54, 1.807) is 18.4 Å². The highest BCUT2D eigenvalue weighted by Crippen LogP contribution is 2.36. The molecule has 27 heavy (non-hydrogen) atoms. The molecule has 3 aromatic carbocycles. The molecule has 0 saturated heterocycles. The summed E-state index contributed by atoms with van der Waals surface area (Å²) < 4.78 is 6.78. The van der Waals surface area contributed by atoms with E-state index in [9.17, 15) is 0 Å². The summed E-state index contributed by atoms with van der Waals surface area (Å²) in [7, 11) is 1.71. The highest BCUT2D eigenvalue weighted by molar-refractivity contribution is 7.21. The molecule has 4 rings (SSSR count). The molecule has 1 aromatic heterocycles. The second-order valence-corrected chi connectivity index (χ2v) is 7.57. The molecule has 0 amide bonds. The van der Waals surface area contributed by atoms with E-state index in [0.717, 1.165) is 28.4 Å². The predicted octanol–water partition coefficient (Wildman–Crippen LogP) is 5.82. The van der Waals surface area contributed by atoms with Crippen molar-refractivity contribution >= 4 is 21.6 Å². The molecule has 4 heteroatoms. The van der Waals surface area contributed by atoms with Crippen LogP contribution in [0.25, 0.3) is 20.8 Å². The van der Waals surface area contributed by atoms with Crippen molar-refractivity contribution in [1.29, 1.82) is 0 Å². The minimum atomic E-state index is 0.291. The minimum absolute atomic E-state index is 0.291. The molecule has 0 spiro atoms. The van der Waals surface area contributed by atoms with Gasteiger partial charge in [-0.25, -0.2) is 4.98 Å². The third-order valence-electron chi connectivity index (χ3n) is 4.70. The molecule has 3 nitrogen and oxygen atoms in total. The zero-order chi connectivity index (χ0) is 18.6. The molecule has 0 aliphatic carbocycles. The second kappa shape index (κ2) is 7.91. The summed E-state index contributed by atoms with van der Waals surface area (Å²) in [6.45, 7) is 2.98. The number of rotatable bonds is 6. The van der Waals surface area contributed by atoms with Crippen LogP contribution < -0.4 is 10.1 Å². The Morgan fingerprint density at radius 1 is 1.00 bits per heavy atom. The molecule has 0 bridgehead atoms. The van der Waals surface area contributed by atoms with Gasteiger partial charge in [0.15, 0.2) is 0 Å². The molecule has 0 aliphatic heterocycles. The molecular formula is C23H22N2OS. The fourth-order valence-corrected chi connectivity index (χ4v) is 4.14. The van der Waals surface area contributed by atoms with Crippen LogP contribution >= 0.6 is 11.3 Å². The summed E-state index contributed by atoms with van der Waals surface area (Å²) in [5.41, 5.74) is 4.58. The van der Waals surface area contributed by atoms with E-state index in [1.165, 1.54) is 15.8 Å². The monoisotopic (exact) mass is 374 g/mol. The molecular weight excluding hydrogens is 352 g/mol. The van der Waals surface area contributed by atoms with E-state index in [0.29, 0.717) is 6.04 Å². The van der Waals surface area contributed by atoms with Crippen LogP contribution in [0.3, 0.4) is 0 Å². The zero-order valence-electron chi connectivity index (χ0n) is 15.5. The van der Waals surface area contributed by atoms with E-state index in [4.69, 9.17) is 9.72 Å². The molecule has 0 aliphatic rings. The van der Waals surface area contributed by atoms with Gasteiger partial charge in [0.1, 0.15) is 10.8 Å². The van der Waals surface area contributed by atoms with Crippen molar-refractivity contribution in [2.75, 3.05) is 7.11 Å². The van der Waals surface area contributed by atoms with Crippen LogP contribution in [0.4, 0.5) is 0 Å². The largest absolute Gasteiger partial charge is 0.496 e. The van der Waals surface area contributed by atoms with Gasteiger partial charge in [-0.05, 0) is 42.3 Å². The molecule has 1 unspecified atom stereocenters. The summed E-state index contributed by atoms with van der Waals surface area (Å²) in [4.78, 5) is 4.79. The average molecular weight is 375 g/mol. The van der Waals surface area contributed by atoms with Crippen LogP contribution in [0, 0.1) is 0 Å². The fraction of sp³-hybridized carbons (Fsp3) is 0.174. The number of ether oxygens (including phenoxy) is 1. The maximum atomic E-state index is 5.59. The Morgan fingerprint density at radius 2 is 1.78 bits per heavy atom. The first kappa shape index (κ1) is 17.7. The van der Waals surface area contributed by atoms with E-state index >= 15 is 0 Å². The Labute approximate surface area is 163 Å². The van der Waals surface area contributed by atoms with Gasteiger partial charge in [-0.15, -0.1) is 11.3 Å². The standard InChI is InChI=1S/C23H22N2OS/c1-16(18-8-4-3-5-9-18)24-15-17-12-13-21(26-2)19(14-17)23-25-20-10-6-7-11-22(20)27-23/h3-14,16,24H,15H2,1-2H3. The van der Waals surface area contributed by atoms with E-state index < -0.39 is 0 Å². The maximum absolute atomic E-state index is 5.59. The smallest absolute Gasteiger partial charge is 0.129 e. The average Bonchev–Trinajstić information content (AvgIpc) is 3.16. The van der Waals surface area contributed by atoms with Crippen LogP contribution in [-0.2, 0) is 6.54 Å². The number of nitrogens with one attached hydrogen (secondary N) is 1. The Balaban J connectivity index is 1.59. The zero-order valence-corrected chi connectivity index (χ0v) is 16.3. The molecule has 0 saturated carbocycles. The van der Waals surface area contributed by atoms with Crippen molar-refractivity contribution in [3.8, 4) is 16.3 Å². The normalized spacial score (nSPS) is 12.2. The quantitative estimate of drug-likeness (QED) is 0.461. The second-order valence-electron chi connectivity index (χ2n) is 6.53. The molecule has 0 fully saturated rings. The molecule has 136 valence electrons. The van der Waals surface area contributed by atoms with Crippen LogP contribution in [0.5, 0.6) is 5.75 Å². The number of hydrogen-bond acceptors (Lipinski definition) is 4. The first-order chi connectivity index (χ1) is 13.2.